The number of carboxylic acid groups (broad SMARTS) is 1. The molecule has 84 valence electrons. The molecule has 0 heterocycles. The molecule has 2 rings (SSSR count). The summed E-state index contributed by atoms with van der Waals surface area (Å²) in [5, 5.41) is 11.2. The predicted octanol–water partition coefficient (Wildman–Crippen LogP) is -1.43. The Bertz CT molecular complexity index is 476. The molecule has 1 saturated carbocycles. The smallest absolute Gasteiger partial charge is 0.550 e. The van der Waals surface area contributed by atoms with E-state index in [0.29, 0.717) is 17.0 Å². The first-order valence-corrected chi connectivity index (χ1v) is 5.46. The first-order valence-electron chi connectivity index (χ1n) is 4.71. The van der Waals surface area contributed by atoms with Gasteiger partial charge in [-0.25, -0.2) is 0 Å². The van der Waals surface area contributed by atoms with Crippen molar-refractivity contribution in [3.8, 4) is 0 Å². The van der Waals surface area contributed by atoms with E-state index in [2.05, 4.69) is 0 Å². The normalized spacial score (nSPS) is 21.5. The molecule has 0 bridgehead atoms. The van der Waals surface area contributed by atoms with Crippen molar-refractivity contribution < 1.29 is 44.3 Å². The van der Waals surface area contributed by atoms with Crippen LogP contribution in [0.15, 0.2) is 18.2 Å². The molecule has 0 amide bonds. The van der Waals surface area contributed by atoms with Crippen LogP contribution in [0, 0.1) is 11.8 Å². The summed E-state index contributed by atoms with van der Waals surface area (Å²) >= 11 is 11.5. The number of hydrogen-bond donors (Lipinski definition) is 0. The van der Waals surface area contributed by atoms with Gasteiger partial charge in [0.2, 0.25) is 0 Å². The minimum atomic E-state index is -1.17. The zero-order valence-corrected chi connectivity index (χ0v) is 12.6. The summed E-state index contributed by atoms with van der Waals surface area (Å²) in [6.45, 7) is 0. The topological polar surface area (TPSA) is 57.2 Å². The SMILES string of the molecule is O=C([O-])C1CC1C(=O)c1ccc(Cl)c(Cl)c1.[Na+]. The molecule has 0 aliphatic heterocycles. The van der Waals surface area contributed by atoms with Crippen LogP contribution in [0.4, 0.5) is 0 Å². The minimum Gasteiger partial charge on any atom is -0.550 e. The fraction of sp³-hybridized carbons (Fsp3) is 0.273. The second-order valence-corrected chi connectivity index (χ2v) is 4.58. The number of Topliss-reactive ketones (excluding diaryl/α,β-unsaturated/α-hetero) is 1. The number of carbonyl (C=O) groups is 2. The number of rotatable bonds is 3. The molecule has 1 aliphatic carbocycles. The van der Waals surface area contributed by atoms with Crippen LogP contribution in [-0.4, -0.2) is 11.8 Å². The van der Waals surface area contributed by atoms with Crippen molar-refractivity contribution in [3.63, 3.8) is 0 Å². The monoisotopic (exact) mass is 280 g/mol. The standard InChI is InChI=1S/C11H8Cl2O3.Na/c12-8-2-1-5(3-9(8)13)10(14)6-4-7(6)11(15)16;/h1-3,6-7H,4H2,(H,15,16);/q;+1/p-1. The maximum absolute atomic E-state index is 11.8. The van der Waals surface area contributed by atoms with E-state index in [4.69, 9.17) is 23.2 Å². The van der Waals surface area contributed by atoms with E-state index in [1.807, 2.05) is 0 Å². The average Bonchev–Trinajstić information content (AvgIpc) is 3.01. The number of carboxylic acids is 1. The number of hydrogen-bond acceptors (Lipinski definition) is 3. The van der Waals surface area contributed by atoms with Gasteiger partial charge in [-0.05, 0) is 24.6 Å². The third-order valence-electron chi connectivity index (χ3n) is 2.63. The van der Waals surface area contributed by atoms with Crippen LogP contribution in [0.3, 0.4) is 0 Å². The van der Waals surface area contributed by atoms with Gasteiger partial charge in [0, 0.05) is 23.4 Å². The van der Waals surface area contributed by atoms with E-state index in [9.17, 15) is 14.7 Å². The number of aliphatic carboxylic acids is 1. The molecule has 0 saturated heterocycles. The van der Waals surface area contributed by atoms with Gasteiger partial charge in [-0.3, -0.25) is 4.79 Å². The van der Waals surface area contributed by atoms with Crippen LogP contribution in [0.25, 0.3) is 0 Å². The molecule has 1 aromatic carbocycles. The van der Waals surface area contributed by atoms with Crippen molar-refractivity contribution in [2.75, 3.05) is 0 Å². The summed E-state index contributed by atoms with van der Waals surface area (Å²) in [6, 6.07) is 4.52. The van der Waals surface area contributed by atoms with Crippen LogP contribution in [0.2, 0.25) is 10.0 Å². The molecular weight excluding hydrogens is 274 g/mol. The van der Waals surface area contributed by atoms with Crippen LogP contribution in [0.5, 0.6) is 0 Å². The zero-order chi connectivity index (χ0) is 11.9. The molecule has 17 heavy (non-hydrogen) atoms. The second kappa shape index (κ2) is 5.72. The largest absolute Gasteiger partial charge is 1.00 e. The van der Waals surface area contributed by atoms with E-state index >= 15 is 0 Å². The Morgan fingerprint density at radius 1 is 1.18 bits per heavy atom. The molecule has 0 radical (unpaired) electrons. The number of ketones is 1. The van der Waals surface area contributed by atoms with Gasteiger partial charge in [0.15, 0.2) is 5.78 Å². The van der Waals surface area contributed by atoms with Gasteiger partial charge in [0.25, 0.3) is 0 Å². The third-order valence-corrected chi connectivity index (χ3v) is 3.37. The van der Waals surface area contributed by atoms with Gasteiger partial charge in [0.1, 0.15) is 0 Å². The van der Waals surface area contributed by atoms with E-state index in [0.717, 1.165) is 0 Å². The molecule has 1 fully saturated rings. The molecular formula is C11H7Cl2NaO3. The summed E-state index contributed by atoms with van der Waals surface area (Å²) in [5.74, 6) is -2.50. The summed E-state index contributed by atoms with van der Waals surface area (Å²) in [7, 11) is 0. The number of halogens is 2. The second-order valence-electron chi connectivity index (χ2n) is 3.76. The molecule has 0 N–H and O–H groups in total. The third kappa shape index (κ3) is 3.24. The summed E-state index contributed by atoms with van der Waals surface area (Å²) in [5.41, 5.74) is 0.392. The van der Waals surface area contributed by atoms with Crippen LogP contribution in [-0.2, 0) is 4.79 Å². The molecule has 2 atom stereocenters. The van der Waals surface area contributed by atoms with Crippen molar-refractivity contribution in [2.24, 2.45) is 11.8 Å². The Morgan fingerprint density at radius 2 is 1.82 bits per heavy atom. The summed E-state index contributed by atoms with van der Waals surface area (Å²) < 4.78 is 0. The van der Waals surface area contributed by atoms with Crippen molar-refractivity contribution in [1.82, 2.24) is 0 Å². The molecule has 2 unspecified atom stereocenters. The summed E-state index contributed by atoms with van der Waals surface area (Å²) in [6.07, 6.45) is 0.349. The quantitative estimate of drug-likeness (QED) is 0.504. The first kappa shape index (κ1) is 15.0. The van der Waals surface area contributed by atoms with Crippen molar-refractivity contribution >= 4 is 35.0 Å². The van der Waals surface area contributed by atoms with Crippen molar-refractivity contribution in [1.29, 1.82) is 0 Å². The zero-order valence-electron chi connectivity index (χ0n) is 9.07. The van der Waals surface area contributed by atoms with Crippen LogP contribution in [0.1, 0.15) is 16.8 Å². The van der Waals surface area contributed by atoms with E-state index in [-0.39, 0.29) is 40.4 Å². The van der Waals surface area contributed by atoms with Gasteiger partial charge in [-0.2, -0.15) is 0 Å². The van der Waals surface area contributed by atoms with Crippen molar-refractivity contribution in [3.05, 3.63) is 33.8 Å². The van der Waals surface area contributed by atoms with Gasteiger partial charge in [-0.1, -0.05) is 23.2 Å². The van der Waals surface area contributed by atoms with Gasteiger partial charge in [-0.15, -0.1) is 0 Å². The summed E-state index contributed by atoms with van der Waals surface area (Å²) in [4.78, 5) is 22.3. The van der Waals surface area contributed by atoms with E-state index < -0.39 is 17.8 Å². The Balaban J connectivity index is 0.00000144. The minimum absolute atomic E-state index is 0. The number of carbonyl (C=O) groups excluding carboxylic acids is 2. The average molecular weight is 281 g/mol. The van der Waals surface area contributed by atoms with Gasteiger partial charge < -0.3 is 9.90 Å². The Labute approximate surface area is 130 Å². The molecule has 1 aliphatic rings. The Hall–Kier alpha value is -0.0600. The van der Waals surface area contributed by atoms with E-state index in [1.165, 1.54) is 12.1 Å². The van der Waals surface area contributed by atoms with E-state index in [1.54, 1.807) is 6.07 Å². The fourth-order valence-electron chi connectivity index (χ4n) is 1.61. The van der Waals surface area contributed by atoms with Gasteiger partial charge >= 0.3 is 29.6 Å². The molecule has 1 aromatic rings. The van der Waals surface area contributed by atoms with Crippen molar-refractivity contribution in [2.45, 2.75) is 6.42 Å². The maximum atomic E-state index is 11.8. The molecule has 6 heteroatoms. The number of benzene rings is 1. The Morgan fingerprint density at radius 3 is 2.29 bits per heavy atom. The molecule has 0 spiro atoms. The van der Waals surface area contributed by atoms with Crippen LogP contribution >= 0.6 is 23.2 Å². The molecule has 0 aromatic heterocycles. The van der Waals surface area contributed by atoms with Crippen LogP contribution < -0.4 is 34.7 Å². The first-order chi connectivity index (χ1) is 7.50. The fourth-order valence-corrected chi connectivity index (χ4v) is 1.91. The molecule has 3 nitrogen and oxygen atoms in total. The maximum Gasteiger partial charge on any atom is 1.00 e. The predicted molar refractivity (Wildman–Crippen MR) is 57.4 cm³/mol. The Kier molecular flexibility index (Phi) is 5.05. The van der Waals surface area contributed by atoms with Gasteiger partial charge in [0.05, 0.1) is 10.0 Å².